The SMILES string of the molecule is CN(C)CCOc1ccc([C@H]2C[C@]3(C)C(=O)CC[C@H]3[C@@H]3CCc4cc(O)ccc4[C@H]32)cc1. The van der Waals surface area contributed by atoms with Crippen LogP contribution >= 0.6 is 0 Å². The van der Waals surface area contributed by atoms with Crippen LogP contribution in [0.1, 0.15) is 61.1 Å². The van der Waals surface area contributed by atoms with Crippen molar-refractivity contribution in [2.75, 3.05) is 27.2 Å². The van der Waals surface area contributed by atoms with Crippen LogP contribution < -0.4 is 4.74 Å². The Kier molecular flexibility index (Phi) is 5.53. The minimum absolute atomic E-state index is 0.207. The fourth-order valence-electron chi connectivity index (χ4n) is 6.95. The van der Waals surface area contributed by atoms with E-state index in [1.165, 1.54) is 16.7 Å². The summed E-state index contributed by atoms with van der Waals surface area (Å²) in [6.45, 7) is 3.80. The highest BCUT2D eigenvalue weighted by Crippen LogP contribution is 2.64. The molecular weight excluding hydrogens is 398 g/mol. The van der Waals surface area contributed by atoms with E-state index in [0.717, 1.165) is 44.4 Å². The lowest BCUT2D eigenvalue weighted by molar-refractivity contribution is -0.130. The summed E-state index contributed by atoms with van der Waals surface area (Å²) in [5, 5.41) is 10.1. The Balaban J connectivity index is 1.49. The summed E-state index contributed by atoms with van der Waals surface area (Å²) in [7, 11) is 4.09. The van der Waals surface area contributed by atoms with Gasteiger partial charge in [-0.25, -0.2) is 0 Å². The maximum absolute atomic E-state index is 13.0. The number of benzene rings is 2. The van der Waals surface area contributed by atoms with E-state index < -0.39 is 0 Å². The molecule has 0 bridgehead atoms. The zero-order valence-electron chi connectivity index (χ0n) is 19.5. The van der Waals surface area contributed by atoms with Gasteiger partial charge in [0.25, 0.3) is 0 Å². The van der Waals surface area contributed by atoms with Crippen LogP contribution in [0.15, 0.2) is 42.5 Å². The van der Waals surface area contributed by atoms with Gasteiger partial charge in [0, 0.05) is 18.4 Å². The highest BCUT2D eigenvalue weighted by atomic mass is 16.5. The van der Waals surface area contributed by atoms with E-state index in [9.17, 15) is 9.90 Å². The van der Waals surface area contributed by atoms with Gasteiger partial charge in [-0.15, -0.1) is 0 Å². The van der Waals surface area contributed by atoms with Crippen molar-refractivity contribution in [1.82, 2.24) is 4.90 Å². The molecule has 170 valence electrons. The Hall–Kier alpha value is -2.33. The number of hydrogen-bond acceptors (Lipinski definition) is 4. The first-order valence-corrected chi connectivity index (χ1v) is 12.1. The molecule has 5 rings (SSSR count). The summed E-state index contributed by atoms with van der Waals surface area (Å²) >= 11 is 0. The summed E-state index contributed by atoms with van der Waals surface area (Å²) < 4.78 is 5.92. The molecule has 0 unspecified atom stereocenters. The predicted octanol–water partition coefficient (Wildman–Crippen LogP) is 5.15. The van der Waals surface area contributed by atoms with Crippen LogP contribution in [0.5, 0.6) is 11.5 Å². The number of Topliss-reactive ketones (excluding diaryl/α,β-unsaturated/α-hetero) is 1. The van der Waals surface area contributed by atoms with E-state index in [4.69, 9.17) is 4.74 Å². The molecule has 3 aliphatic rings. The van der Waals surface area contributed by atoms with Gasteiger partial charge < -0.3 is 14.7 Å². The van der Waals surface area contributed by atoms with E-state index in [2.05, 4.69) is 42.2 Å². The number of ketones is 1. The molecule has 3 aliphatic carbocycles. The maximum atomic E-state index is 13.0. The van der Waals surface area contributed by atoms with Crippen LogP contribution in [0.3, 0.4) is 0 Å². The first kappa shape index (κ1) is 21.5. The summed E-state index contributed by atoms with van der Waals surface area (Å²) in [5.74, 6) is 3.44. The van der Waals surface area contributed by atoms with Gasteiger partial charge in [0.05, 0.1) is 0 Å². The molecule has 1 N–H and O–H groups in total. The Morgan fingerprint density at radius 2 is 1.88 bits per heavy atom. The second-order valence-corrected chi connectivity index (χ2v) is 10.6. The molecule has 2 fully saturated rings. The third-order valence-electron chi connectivity index (χ3n) is 8.54. The van der Waals surface area contributed by atoms with E-state index in [0.29, 0.717) is 41.8 Å². The zero-order chi connectivity index (χ0) is 22.5. The van der Waals surface area contributed by atoms with Gasteiger partial charge in [-0.1, -0.05) is 25.1 Å². The molecule has 2 aromatic rings. The Bertz CT molecular complexity index is 998. The number of phenolic OH excluding ortho intramolecular Hbond substituents is 1. The van der Waals surface area contributed by atoms with Crippen molar-refractivity contribution in [2.24, 2.45) is 17.3 Å². The Morgan fingerprint density at radius 3 is 2.62 bits per heavy atom. The van der Waals surface area contributed by atoms with E-state index >= 15 is 0 Å². The van der Waals surface area contributed by atoms with Crippen LogP contribution in [-0.4, -0.2) is 43.0 Å². The van der Waals surface area contributed by atoms with Crippen molar-refractivity contribution in [3.05, 3.63) is 59.2 Å². The van der Waals surface area contributed by atoms with Gasteiger partial charge in [-0.05, 0) is 104 Å². The maximum Gasteiger partial charge on any atom is 0.139 e. The largest absolute Gasteiger partial charge is 0.508 e. The number of carbonyl (C=O) groups is 1. The van der Waals surface area contributed by atoms with Crippen LogP contribution in [0, 0.1) is 17.3 Å². The summed E-state index contributed by atoms with van der Waals surface area (Å²) in [6, 6.07) is 14.5. The number of aryl methyl sites for hydroxylation is 1. The smallest absolute Gasteiger partial charge is 0.139 e. The van der Waals surface area contributed by atoms with Crippen molar-refractivity contribution in [2.45, 2.75) is 50.9 Å². The second kappa shape index (κ2) is 8.22. The molecule has 2 aromatic carbocycles. The number of aromatic hydroxyl groups is 1. The quantitative estimate of drug-likeness (QED) is 0.708. The molecule has 5 atom stereocenters. The predicted molar refractivity (Wildman–Crippen MR) is 126 cm³/mol. The molecule has 0 aromatic heterocycles. The average molecular weight is 434 g/mol. The molecular formula is C28H35NO3. The molecule has 0 heterocycles. The molecule has 4 nitrogen and oxygen atoms in total. The third kappa shape index (κ3) is 3.63. The van der Waals surface area contributed by atoms with Crippen LogP contribution in [-0.2, 0) is 11.2 Å². The number of phenols is 1. The van der Waals surface area contributed by atoms with E-state index in [1.807, 2.05) is 26.2 Å². The van der Waals surface area contributed by atoms with Gasteiger partial charge >= 0.3 is 0 Å². The number of ether oxygens (including phenoxy) is 1. The van der Waals surface area contributed by atoms with Gasteiger partial charge in [-0.3, -0.25) is 4.79 Å². The van der Waals surface area contributed by atoms with Gasteiger partial charge in [-0.2, -0.15) is 0 Å². The van der Waals surface area contributed by atoms with Gasteiger partial charge in [0.15, 0.2) is 0 Å². The fraction of sp³-hybridized carbons (Fsp3) is 0.536. The van der Waals surface area contributed by atoms with Gasteiger partial charge in [0.2, 0.25) is 0 Å². The first-order valence-electron chi connectivity index (χ1n) is 12.1. The van der Waals surface area contributed by atoms with E-state index in [1.54, 1.807) is 0 Å². The fourth-order valence-corrected chi connectivity index (χ4v) is 6.95. The molecule has 0 aliphatic heterocycles. The molecule has 0 radical (unpaired) electrons. The minimum Gasteiger partial charge on any atom is -0.508 e. The Labute approximate surface area is 191 Å². The zero-order valence-corrected chi connectivity index (χ0v) is 19.5. The van der Waals surface area contributed by atoms with Crippen LogP contribution in [0.2, 0.25) is 0 Å². The molecule has 32 heavy (non-hydrogen) atoms. The lowest BCUT2D eigenvalue weighted by Crippen LogP contribution is -2.45. The number of rotatable bonds is 5. The summed E-state index contributed by atoms with van der Waals surface area (Å²) in [5.41, 5.74) is 3.77. The number of fused-ring (bicyclic) bond motifs is 5. The van der Waals surface area contributed by atoms with Crippen molar-refractivity contribution in [3.8, 4) is 11.5 Å². The molecule has 0 saturated heterocycles. The molecule has 0 spiro atoms. The number of hydrogen-bond donors (Lipinski definition) is 1. The standard InChI is InChI=1S/C28H35NO3/c1-28-17-24(18-4-8-21(9-5-18)32-15-14-29(2)3)27-22-11-7-20(30)16-19(22)6-10-23(27)25(28)12-13-26(28)31/h4-5,7-9,11,16,23-25,27,30H,6,10,12-15,17H2,1-3H3/t23-,24+,25-,27+,28-/m0/s1. The molecule has 0 amide bonds. The number of likely N-dealkylation sites (N-methyl/N-ethyl adjacent to an activating group) is 1. The lowest BCUT2D eigenvalue weighted by atomic mass is 9.51. The summed E-state index contributed by atoms with van der Waals surface area (Å²) in [6.07, 6.45) is 4.79. The van der Waals surface area contributed by atoms with Crippen LogP contribution in [0.25, 0.3) is 0 Å². The third-order valence-corrected chi connectivity index (χ3v) is 8.54. The van der Waals surface area contributed by atoms with Gasteiger partial charge in [0.1, 0.15) is 23.9 Å². The Morgan fingerprint density at radius 1 is 1.09 bits per heavy atom. The number of carbonyl (C=O) groups excluding carboxylic acids is 1. The summed E-state index contributed by atoms with van der Waals surface area (Å²) in [4.78, 5) is 15.2. The van der Waals surface area contributed by atoms with Crippen molar-refractivity contribution < 1.29 is 14.6 Å². The average Bonchev–Trinajstić information content (AvgIpc) is 3.07. The van der Waals surface area contributed by atoms with Crippen molar-refractivity contribution >= 4 is 5.78 Å². The highest BCUT2D eigenvalue weighted by molar-refractivity contribution is 5.87. The monoisotopic (exact) mass is 433 g/mol. The van der Waals surface area contributed by atoms with Crippen LogP contribution in [0.4, 0.5) is 0 Å². The normalized spacial score (nSPS) is 31.2. The molecule has 4 heteroatoms. The molecule has 2 saturated carbocycles. The van der Waals surface area contributed by atoms with Crippen molar-refractivity contribution in [1.29, 1.82) is 0 Å². The number of nitrogens with zero attached hydrogens (tertiary/aromatic N) is 1. The minimum atomic E-state index is -0.207. The topological polar surface area (TPSA) is 49.8 Å². The van der Waals surface area contributed by atoms with Crippen molar-refractivity contribution in [3.63, 3.8) is 0 Å². The second-order valence-electron chi connectivity index (χ2n) is 10.6. The first-order chi connectivity index (χ1) is 15.4. The van der Waals surface area contributed by atoms with E-state index in [-0.39, 0.29) is 5.41 Å². The lowest BCUT2D eigenvalue weighted by Gasteiger charge is -2.52. The highest BCUT2D eigenvalue weighted by Gasteiger charge is 2.57.